The topological polar surface area (TPSA) is 38.5 Å². The summed E-state index contributed by atoms with van der Waals surface area (Å²) in [5, 5.41) is 0. The first-order chi connectivity index (χ1) is 8.58. The van der Waals surface area contributed by atoms with Gasteiger partial charge in [-0.2, -0.15) is 0 Å². The fraction of sp³-hybridized carbons (Fsp3) is 0.600. The zero-order chi connectivity index (χ0) is 13.5. The fourth-order valence-electron chi connectivity index (χ4n) is 2.36. The number of ether oxygens (including phenoxy) is 1. The van der Waals surface area contributed by atoms with Gasteiger partial charge in [0.2, 0.25) is 0 Å². The lowest BCUT2D eigenvalue weighted by atomic mass is 9.99. The van der Waals surface area contributed by atoms with Gasteiger partial charge in [0.05, 0.1) is 6.61 Å². The van der Waals surface area contributed by atoms with Gasteiger partial charge in [-0.15, -0.1) is 0 Å². The Hall–Kier alpha value is -0.900. The monoisotopic (exact) mass is 250 g/mol. The fourth-order valence-corrected chi connectivity index (χ4v) is 2.36. The molecule has 0 spiro atoms. The van der Waals surface area contributed by atoms with E-state index in [1.54, 1.807) is 7.11 Å². The van der Waals surface area contributed by atoms with Crippen molar-refractivity contribution >= 4 is 0 Å². The second-order valence-corrected chi connectivity index (χ2v) is 4.93. The van der Waals surface area contributed by atoms with Gasteiger partial charge in [0.15, 0.2) is 0 Å². The Morgan fingerprint density at radius 2 is 1.72 bits per heavy atom. The standard InChI is InChI=1S/C15H26N2O/c1-12-9-13(2)15(14(3)10-12)11-17(6-5-16)7-8-18-4/h9-10H,5-8,11,16H2,1-4H3. The van der Waals surface area contributed by atoms with Crippen molar-refractivity contribution in [2.45, 2.75) is 27.3 Å². The van der Waals surface area contributed by atoms with Gasteiger partial charge >= 0.3 is 0 Å². The molecule has 0 aromatic heterocycles. The number of aryl methyl sites for hydroxylation is 3. The summed E-state index contributed by atoms with van der Waals surface area (Å²) in [5.41, 5.74) is 11.2. The largest absolute Gasteiger partial charge is 0.383 e. The lowest BCUT2D eigenvalue weighted by molar-refractivity contribution is 0.145. The van der Waals surface area contributed by atoms with Crippen LogP contribution in [0.1, 0.15) is 22.3 Å². The molecular formula is C15H26N2O. The highest BCUT2D eigenvalue weighted by molar-refractivity contribution is 5.37. The zero-order valence-corrected chi connectivity index (χ0v) is 12.1. The quantitative estimate of drug-likeness (QED) is 0.804. The van der Waals surface area contributed by atoms with Crippen molar-refractivity contribution in [1.29, 1.82) is 0 Å². The summed E-state index contributed by atoms with van der Waals surface area (Å²) < 4.78 is 5.15. The molecule has 3 heteroatoms. The van der Waals surface area contributed by atoms with E-state index in [1.807, 2.05) is 0 Å². The molecule has 0 heterocycles. The van der Waals surface area contributed by atoms with E-state index in [0.29, 0.717) is 6.54 Å². The molecule has 0 saturated carbocycles. The molecule has 1 rings (SSSR count). The normalized spacial score (nSPS) is 11.2. The Balaban J connectivity index is 2.79. The van der Waals surface area contributed by atoms with Gasteiger partial charge in [0.1, 0.15) is 0 Å². The van der Waals surface area contributed by atoms with Crippen molar-refractivity contribution in [3.05, 3.63) is 34.4 Å². The molecule has 0 amide bonds. The van der Waals surface area contributed by atoms with E-state index in [2.05, 4.69) is 37.8 Å². The van der Waals surface area contributed by atoms with Crippen LogP contribution in [0.15, 0.2) is 12.1 Å². The maximum Gasteiger partial charge on any atom is 0.0589 e. The second kappa shape index (κ2) is 7.52. The minimum absolute atomic E-state index is 0.688. The lowest BCUT2D eigenvalue weighted by Gasteiger charge is -2.23. The maximum atomic E-state index is 5.67. The van der Waals surface area contributed by atoms with Gasteiger partial charge in [-0.1, -0.05) is 17.7 Å². The SMILES string of the molecule is COCCN(CCN)Cc1c(C)cc(C)cc1C. The van der Waals surface area contributed by atoms with Crippen LogP contribution in [0.5, 0.6) is 0 Å². The molecule has 0 fully saturated rings. The van der Waals surface area contributed by atoms with Crippen LogP contribution >= 0.6 is 0 Å². The molecule has 102 valence electrons. The van der Waals surface area contributed by atoms with Crippen molar-refractivity contribution in [1.82, 2.24) is 4.90 Å². The molecular weight excluding hydrogens is 224 g/mol. The van der Waals surface area contributed by atoms with Crippen LogP contribution in [0.4, 0.5) is 0 Å². The van der Waals surface area contributed by atoms with Gasteiger partial charge in [0.25, 0.3) is 0 Å². The Labute approximate surface area is 111 Å². The minimum atomic E-state index is 0.688. The van der Waals surface area contributed by atoms with Crippen LogP contribution < -0.4 is 5.73 Å². The van der Waals surface area contributed by atoms with Gasteiger partial charge in [0, 0.05) is 33.3 Å². The molecule has 3 nitrogen and oxygen atoms in total. The minimum Gasteiger partial charge on any atom is -0.383 e. The molecule has 1 aromatic rings. The average molecular weight is 250 g/mol. The molecule has 2 N–H and O–H groups in total. The molecule has 1 aromatic carbocycles. The second-order valence-electron chi connectivity index (χ2n) is 4.93. The summed E-state index contributed by atoms with van der Waals surface area (Å²) in [5.74, 6) is 0. The molecule has 18 heavy (non-hydrogen) atoms. The highest BCUT2D eigenvalue weighted by Crippen LogP contribution is 2.18. The highest BCUT2D eigenvalue weighted by Gasteiger charge is 2.09. The first-order valence-electron chi connectivity index (χ1n) is 6.56. The Bertz CT molecular complexity index is 354. The highest BCUT2D eigenvalue weighted by atomic mass is 16.5. The summed E-state index contributed by atoms with van der Waals surface area (Å²) in [6.45, 7) is 10.8. The number of nitrogens with two attached hydrogens (primary N) is 1. The number of benzene rings is 1. The number of hydrogen-bond acceptors (Lipinski definition) is 3. The first-order valence-corrected chi connectivity index (χ1v) is 6.56. The summed E-state index contributed by atoms with van der Waals surface area (Å²) >= 11 is 0. The first kappa shape index (κ1) is 15.2. The Morgan fingerprint density at radius 3 is 2.22 bits per heavy atom. The van der Waals surface area contributed by atoms with E-state index in [4.69, 9.17) is 10.5 Å². The molecule has 0 bridgehead atoms. The predicted octanol–water partition coefficient (Wildman–Crippen LogP) is 2.02. The van der Waals surface area contributed by atoms with Crippen molar-refractivity contribution in [2.75, 3.05) is 33.4 Å². The molecule has 0 aliphatic heterocycles. The average Bonchev–Trinajstić information content (AvgIpc) is 2.30. The van der Waals surface area contributed by atoms with Crippen molar-refractivity contribution in [2.24, 2.45) is 5.73 Å². The van der Waals surface area contributed by atoms with Gasteiger partial charge < -0.3 is 10.5 Å². The van der Waals surface area contributed by atoms with Crippen LogP contribution in [0.25, 0.3) is 0 Å². The third-order valence-corrected chi connectivity index (χ3v) is 3.28. The van der Waals surface area contributed by atoms with E-state index in [9.17, 15) is 0 Å². The van der Waals surface area contributed by atoms with Gasteiger partial charge in [-0.3, -0.25) is 4.90 Å². The van der Waals surface area contributed by atoms with Crippen molar-refractivity contribution in [3.8, 4) is 0 Å². The molecule has 0 atom stereocenters. The van der Waals surface area contributed by atoms with E-state index >= 15 is 0 Å². The summed E-state index contributed by atoms with van der Waals surface area (Å²) in [7, 11) is 1.74. The smallest absolute Gasteiger partial charge is 0.0589 e. The molecule has 0 aliphatic rings. The molecule has 0 unspecified atom stereocenters. The number of rotatable bonds is 7. The van der Waals surface area contributed by atoms with Crippen LogP contribution in [-0.2, 0) is 11.3 Å². The third kappa shape index (κ3) is 4.41. The molecule has 0 saturated heterocycles. The predicted molar refractivity (Wildman–Crippen MR) is 76.9 cm³/mol. The van der Waals surface area contributed by atoms with E-state index in [0.717, 1.165) is 26.2 Å². The van der Waals surface area contributed by atoms with Crippen molar-refractivity contribution < 1.29 is 4.74 Å². The summed E-state index contributed by atoms with van der Waals surface area (Å²) in [6.07, 6.45) is 0. The van der Waals surface area contributed by atoms with Crippen LogP contribution in [0.3, 0.4) is 0 Å². The number of nitrogens with zero attached hydrogens (tertiary/aromatic N) is 1. The Morgan fingerprint density at radius 1 is 1.11 bits per heavy atom. The molecule has 0 radical (unpaired) electrons. The van der Waals surface area contributed by atoms with E-state index in [1.165, 1.54) is 22.3 Å². The maximum absolute atomic E-state index is 5.67. The lowest BCUT2D eigenvalue weighted by Crippen LogP contribution is -2.32. The third-order valence-electron chi connectivity index (χ3n) is 3.28. The van der Waals surface area contributed by atoms with Crippen LogP contribution in [0.2, 0.25) is 0 Å². The van der Waals surface area contributed by atoms with Crippen LogP contribution in [0, 0.1) is 20.8 Å². The summed E-state index contributed by atoms with van der Waals surface area (Å²) in [4.78, 5) is 2.36. The van der Waals surface area contributed by atoms with Crippen molar-refractivity contribution in [3.63, 3.8) is 0 Å². The van der Waals surface area contributed by atoms with Gasteiger partial charge in [-0.25, -0.2) is 0 Å². The van der Waals surface area contributed by atoms with E-state index in [-0.39, 0.29) is 0 Å². The Kier molecular flexibility index (Phi) is 6.33. The number of hydrogen-bond donors (Lipinski definition) is 1. The van der Waals surface area contributed by atoms with Gasteiger partial charge in [-0.05, 0) is 37.5 Å². The molecule has 0 aliphatic carbocycles. The zero-order valence-electron chi connectivity index (χ0n) is 12.1. The summed E-state index contributed by atoms with van der Waals surface area (Å²) in [6, 6.07) is 4.50. The van der Waals surface area contributed by atoms with E-state index < -0.39 is 0 Å². The van der Waals surface area contributed by atoms with Crippen LogP contribution in [-0.4, -0.2) is 38.3 Å². The number of methoxy groups -OCH3 is 1.